The Morgan fingerprint density at radius 3 is 2.80 bits per heavy atom. The largest absolute Gasteiger partial charge is 0.310 e. The van der Waals surface area contributed by atoms with Crippen molar-refractivity contribution >= 4 is 11.3 Å². The molecule has 20 heavy (non-hydrogen) atoms. The number of pyridine rings is 1. The maximum absolute atomic E-state index is 4.85. The molecule has 0 bridgehead atoms. The van der Waals surface area contributed by atoms with Crippen LogP contribution in [0.3, 0.4) is 0 Å². The van der Waals surface area contributed by atoms with Crippen molar-refractivity contribution < 1.29 is 0 Å². The van der Waals surface area contributed by atoms with Crippen molar-refractivity contribution in [1.82, 2.24) is 15.3 Å². The molecule has 0 saturated heterocycles. The van der Waals surface area contributed by atoms with Crippen LogP contribution in [0.25, 0.3) is 10.6 Å². The third kappa shape index (κ3) is 3.64. The third-order valence-corrected chi connectivity index (χ3v) is 4.34. The highest BCUT2D eigenvalue weighted by Crippen LogP contribution is 2.30. The predicted molar refractivity (Wildman–Crippen MR) is 86.1 cm³/mol. The third-order valence-electron chi connectivity index (χ3n) is 3.21. The van der Waals surface area contributed by atoms with Crippen molar-refractivity contribution in [3.8, 4) is 10.6 Å². The highest BCUT2D eigenvalue weighted by molar-refractivity contribution is 7.15. The van der Waals surface area contributed by atoms with Crippen LogP contribution >= 0.6 is 11.3 Å². The first-order valence-corrected chi connectivity index (χ1v) is 8.06. The SMILES string of the molecule is CCCc1nc(-c2cnccc2C)sc1CNC(C)C. The molecule has 0 aromatic carbocycles. The normalized spacial score (nSPS) is 11.2. The quantitative estimate of drug-likeness (QED) is 0.874. The molecular weight excluding hydrogens is 266 g/mol. The Kier molecular flexibility index (Phi) is 5.26. The number of nitrogens with zero attached hydrogens (tertiary/aromatic N) is 2. The molecule has 2 aromatic heterocycles. The van der Waals surface area contributed by atoms with E-state index in [2.05, 4.69) is 38.0 Å². The molecule has 108 valence electrons. The van der Waals surface area contributed by atoms with Gasteiger partial charge in [0, 0.05) is 35.4 Å². The van der Waals surface area contributed by atoms with Crippen molar-refractivity contribution in [2.24, 2.45) is 0 Å². The van der Waals surface area contributed by atoms with Crippen LogP contribution in [0.2, 0.25) is 0 Å². The fourth-order valence-electron chi connectivity index (χ4n) is 2.05. The van der Waals surface area contributed by atoms with E-state index in [1.807, 2.05) is 18.5 Å². The number of rotatable bonds is 6. The Morgan fingerprint density at radius 1 is 1.35 bits per heavy atom. The molecule has 0 aliphatic rings. The molecule has 0 amide bonds. The smallest absolute Gasteiger partial charge is 0.125 e. The Hall–Kier alpha value is -1.26. The van der Waals surface area contributed by atoms with E-state index in [4.69, 9.17) is 4.98 Å². The Balaban J connectivity index is 2.31. The van der Waals surface area contributed by atoms with Gasteiger partial charge < -0.3 is 5.32 Å². The van der Waals surface area contributed by atoms with Crippen LogP contribution in [0, 0.1) is 6.92 Å². The second kappa shape index (κ2) is 6.95. The maximum atomic E-state index is 4.85. The molecule has 2 aromatic rings. The van der Waals surface area contributed by atoms with Gasteiger partial charge in [0.25, 0.3) is 0 Å². The van der Waals surface area contributed by atoms with Crippen LogP contribution in [0.5, 0.6) is 0 Å². The highest BCUT2D eigenvalue weighted by Gasteiger charge is 2.13. The summed E-state index contributed by atoms with van der Waals surface area (Å²) in [5, 5.41) is 4.59. The van der Waals surface area contributed by atoms with E-state index >= 15 is 0 Å². The molecule has 4 heteroatoms. The molecule has 0 saturated carbocycles. The van der Waals surface area contributed by atoms with Crippen molar-refractivity contribution in [1.29, 1.82) is 0 Å². The summed E-state index contributed by atoms with van der Waals surface area (Å²) in [5.74, 6) is 0. The molecule has 0 radical (unpaired) electrons. The summed E-state index contributed by atoms with van der Waals surface area (Å²) in [6, 6.07) is 2.54. The zero-order valence-corrected chi connectivity index (χ0v) is 13.5. The molecule has 1 N–H and O–H groups in total. The molecule has 2 heterocycles. The molecule has 0 aliphatic heterocycles. The van der Waals surface area contributed by atoms with Crippen LogP contribution < -0.4 is 5.32 Å². The van der Waals surface area contributed by atoms with Gasteiger partial charge >= 0.3 is 0 Å². The lowest BCUT2D eigenvalue weighted by atomic mass is 10.2. The monoisotopic (exact) mass is 289 g/mol. The van der Waals surface area contributed by atoms with E-state index in [0.717, 1.165) is 30.0 Å². The van der Waals surface area contributed by atoms with Gasteiger partial charge in [-0.25, -0.2) is 4.98 Å². The fourth-order valence-corrected chi connectivity index (χ4v) is 3.19. The lowest BCUT2D eigenvalue weighted by Crippen LogP contribution is -2.21. The van der Waals surface area contributed by atoms with Crippen LogP contribution in [-0.2, 0) is 13.0 Å². The van der Waals surface area contributed by atoms with Gasteiger partial charge in [0.05, 0.1) is 5.69 Å². The minimum Gasteiger partial charge on any atom is -0.310 e. The van der Waals surface area contributed by atoms with Gasteiger partial charge in [-0.05, 0) is 25.0 Å². The van der Waals surface area contributed by atoms with E-state index in [9.17, 15) is 0 Å². The zero-order chi connectivity index (χ0) is 14.5. The molecule has 0 fully saturated rings. The first-order chi connectivity index (χ1) is 9.61. The van der Waals surface area contributed by atoms with E-state index < -0.39 is 0 Å². The maximum Gasteiger partial charge on any atom is 0.125 e. The molecule has 0 atom stereocenters. The summed E-state index contributed by atoms with van der Waals surface area (Å²) < 4.78 is 0. The van der Waals surface area contributed by atoms with Gasteiger partial charge in [-0.15, -0.1) is 11.3 Å². The minimum atomic E-state index is 0.496. The van der Waals surface area contributed by atoms with Gasteiger partial charge in [-0.1, -0.05) is 27.2 Å². The minimum absolute atomic E-state index is 0.496. The second-order valence-electron chi connectivity index (χ2n) is 5.37. The van der Waals surface area contributed by atoms with Gasteiger partial charge in [-0.3, -0.25) is 4.98 Å². The van der Waals surface area contributed by atoms with Crippen LogP contribution in [-0.4, -0.2) is 16.0 Å². The van der Waals surface area contributed by atoms with E-state index in [1.54, 1.807) is 11.3 Å². The molecule has 0 aliphatic carbocycles. The lowest BCUT2D eigenvalue weighted by Gasteiger charge is -2.07. The van der Waals surface area contributed by atoms with Gasteiger partial charge in [0.15, 0.2) is 0 Å². The summed E-state index contributed by atoms with van der Waals surface area (Å²) >= 11 is 1.80. The average molecular weight is 289 g/mol. The Bertz CT molecular complexity index is 561. The van der Waals surface area contributed by atoms with Crippen molar-refractivity contribution in [2.45, 2.75) is 53.1 Å². The molecule has 3 nitrogen and oxygen atoms in total. The van der Waals surface area contributed by atoms with E-state index in [0.29, 0.717) is 6.04 Å². The van der Waals surface area contributed by atoms with Crippen LogP contribution in [0.4, 0.5) is 0 Å². The van der Waals surface area contributed by atoms with Gasteiger partial charge in [-0.2, -0.15) is 0 Å². The summed E-state index contributed by atoms with van der Waals surface area (Å²) in [4.78, 5) is 10.4. The number of nitrogens with one attached hydrogen (secondary N) is 1. The molecule has 0 spiro atoms. The standard InChI is InChI=1S/C16H23N3S/c1-5-6-14-15(10-18-11(2)3)20-16(19-14)13-9-17-8-7-12(13)4/h7-9,11,18H,5-6,10H2,1-4H3. The van der Waals surface area contributed by atoms with Crippen molar-refractivity contribution in [3.63, 3.8) is 0 Å². The number of thiazole rings is 1. The second-order valence-corrected chi connectivity index (χ2v) is 6.45. The summed E-state index contributed by atoms with van der Waals surface area (Å²) in [7, 11) is 0. The van der Waals surface area contributed by atoms with Crippen LogP contribution in [0.1, 0.15) is 43.3 Å². The molecule has 2 rings (SSSR count). The predicted octanol–water partition coefficient (Wildman–Crippen LogP) is 3.96. The van der Waals surface area contributed by atoms with E-state index in [-0.39, 0.29) is 0 Å². The number of aryl methyl sites for hydroxylation is 2. The fraction of sp³-hybridized carbons (Fsp3) is 0.500. The Labute approximate surface area is 125 Å². The summed E-state index contributed by atoms with van der Waals surface area (Å²) in [6.07, 6.45) is 5.93. The van der Waals surface area contributed by atoms with Gasteiger partial charge in [0.2, 0.25) is 0 Å². The molecule has 0 unspecified atom stereocenters. The topological polar surface area (TPSA) is 37.8 Å². The highest BCUT2D eigenvalue weighted by atomic mass is 32.1. The molecular formula is C16H23N3S. The number of hydrogen-bond donors (Lipinski definition) is 1. The Morgan fingerprint density at radius 2 is 2.15 bits per heavy atom. The first kappa shape index (κ1) is 15.1. The lowest BCUT2D eigenvalue weighted by molar-refractivity contribution is 0.589. The first-order valence-electron chi connectivity index (χ1n) is 7.24. The van der Waals surface area contributed by atoms with Crippen molar-refractivity contribution in [2.75, 3.05) is 0 Å². The van der Waals surface area contributed by atoms with Gasteiger partial charge in [0.1, 0.15) is 5.01 Å². The van der Waals surface area contributed by atoms with E-state index in [1.165, 1.54) is 16.1 Å². The zero-order valence-electron chi connectivity index (χ0n) is 12.7. The number of aromatic nitrogens is 2. The average Bonchev–Trinajstić information content (AvgIpc) is 2.80. The summed E-state index contributed by atoms with van der Waals surface area (Å²) in [5.41, 5.74) is 3.63. The summed E-state index contributed by atoms with van der Waals surface area (Å²) in [6.45, 7) is 9.57. The van der Waals surface area contributed by atoms with Crippen molar-refractivity contribution in [3.05, 3.63) is 34.6 Å². The number of hydrogen-bond acceptors (Lipinski definition) is 4. The van der Waals surface area contributed by atoms with Crippen LogP contribution in [0.15, 0.2) is 18.5 Å².